The number of hydrogen-bond donors (Lipinski definition) is 1. The Hall–Kier alpha value is -1.26. The number of aliphatic hydroxyl groups excluding tert-OH is 1. The molecule has 2 aliphatic rings. The molecule has 1 aromatic rings. The number of likely N-dealkylation sites (N-methyl/N-ethyl adjacent to an activating group) is 1. The van der Waals surface area contributed by atoms with Crippen molar-refractivity contribution in [2.45, 2.75) is 31.0 Å². The monoisotopic (exact) mass is 263 g/mol. The molecule has 1 spiro atoms. The molecule has 2 aliphatic heterocycles. The molecule has 0 bridgehead atoms. The Morgan fingerprint density at radius 3 is 3.05 bits per heavy atom. The van der Waals surface area contributed by atoms with Gasteiger partial charge >= 0.3 is 0 Å². The highest BCUT2D eigenvalue weighted by Crippen LogP contribution is 2.44. The summed E-state index contributed by atoms with van der Waals surface area (Å²) in [5.74, 6) is 1.56. The summed E-state index contributed by atoms with van der Waals surface area (Å²) in [6.45, 7) is 1.99. The zero-order valence-corrected chi connectivity index (χ0v) is 11.6. The second-order valence-corrected chi connectivity index (χ2v) is 5.75. The molecule has 4 nitrogen and oxygen atoms in total. The van der Waals surface area contributed by atoms with Gasteiger partial charge in [-0.15, -0.1) is 0 Å². The van der Waals surface area contributed by atoms with Crippen molar-refractivity contribution < 1.29 is 14.6 Å². The van der Waals surface area contributed by atoms with E-state index in [0.717, 1.165) is 43.0 Å². The lowest BCUT2D eigenvalue weighted by Crippen LogP contribution is -2.52. The van der Waals surface area contributed by atoms with E-state index in [1.807, 2.05) is 18.2 Å². The van der Waals surface area contributed by atoms with Crippen LogP contribution in [0.5, 0.6) is 11.5 Å². The highest BCUT2D eigenvalue weighted by Gasteiger charge is 2.42. The Morgan fingerprint density at radius 1 is 1.47 bits per heavy atom. The van der Waals surface area contributed by atoms with Crippen LogP contribution in [0.1, 0.15) is 30.9 Å². The van der Waals surface area contributed by atoms with Crippen LogP contribution in [0.4, 0.5) is 0 Å². The van der Waals surface area contributed by atoms with Gasteiger partial charge in [0.25, 0.3) is 0 Å². The molecule has 0 aromatic heterocycles. The van der Waals surface area contributed by atoms with Crippen molar-refractivity contribution in [1.82, 2.24) is 4.90 Å². The number of nitrogens with zero attached hydrogens (tertiary/aromatic N) is 1. The fourth-order valence-electron chi connectivity index (χ4n) is 3.32. The first kappa shape index (κ1) is 12.8. The van der Waals surface area contributed by atoms with Crippen molar-refractivity contribution in [2.75, 3.05) is 27.2 Å². The minimum atomic E-state index is -0.467. The Morgan fingerprint density at radius 2 is 2.32 bits per heavy atom. The van der Waals surface area contributed by atoms with Crippen molar-refractivity contribution in [3.8, 4) is 11.5 Å². The quantitative estimate of drug-likeness (QED) is 0.841. The molecule has 104 valence electrons. The first-order valence-electron chi connectivity index (χ1n) is 6.85. The van der Waals surface area contributed by atoms with Gasteiger partial charge in [-0.05, 0) is 44.6 Å². The number of hydrogen-bond acceptors (Lipinski definition) is 4. The number of piperidine rings is 1. The molecule has 1 fully saturated rings. The van der Waals surface area contributed by atoms with Crippen LogP contribution in [0.3, 0.4) is 0 Å². The maximum Gasteiger partial charge on any atom is 0.126 e. The van der Waals surface area contributed by atoms with Crippen LogP contribution in [0.25, 0.3) is 0 Å². The molecule has 1 N–H and O–H groups in total. The summed E-state index contributed by atoms with van der Waals surface area (Å²) in [6, 6.07) is 5.67. The molecule has 4 heteroatoms. The highest BCUT2D eigenvalue weighted by atomic mass is 16.5. The maximum atomic E-state index is 10.4. The Bertz CT molecular complexity index is 476. The standard InChI is InChI=1S/C15H21NO3/c1-16-7-3-6-15(10-16)9-13(17)12-8-11(18-2)4-5-14(12)19-15/h4-5,8,13,17H,3,6-7,9-10H2,1-2H3/t13-,15?/m0/s1. The van der Waals surface area contributed by atoms with Gasteiger partial charge in [-0.3, -0.25) is 0 Å². The van der Waals surface area contributed by atoms with Gasteiger partial charge in [-0.2, -0.15) is 0 Å². The molecule has 0 radical (unpaired) electrons. The number of aliphatic hydroxyl groups is 1. The van der Waals surface area contributed by atoms with Crippen LogP contribution in [-0.4, -0.2) is 42.9 Å². The molecule has 1 unspecified atom stereocenters. The van der Waals surface area contributed by atoms with Crippen LogP contribution in [0, 0.1) is 0 Å². The van der Waals surface area contributed by atoms with E-state index in [2.05, 4.69) is 11.9 Å². The summed E-state index contributed by atoms with van der Waals surface area (Å²) in [7, 11) is 3.75. The number of ether oxygens (including phenoxy) is 2. The lowest BCUT2D eigenvalue weighted by Gasteiger charge is -2.45. The second-order valence-electron chi connectivity index (χ2n) is 5.75. The Labute approximate surface area is 113 Å². The van der Waals surface area contributed by atoms with Crippen LogP contribution >= 0.6 is 0 Å². The fourth-order valence-corrected chi connectivity index (χ4v) is 3.32. The Kier molecular flexibility index (Phi) is 3.15. The van der Waals surface area contributed by atoms with E-state index in [1.54, 1.807) is 7.11 Å². The molecule has 2 heterocycles. The second kappa shape index (κ2) is 4.69. The van der Waals surface area contributed by atoms with Crippen LogP contribution in [-0.2, 0) is 0 Å². The molecule has 3 rings (SSSR count). The average Bonchev–Trinajstić information content (AvgIpc) is 2.38. The number of rotatable bonds is 1. The lowest BCUT2D eigenvalue weighted by molar-refractivity contribution is -0.0555. The van der Waals surface area contributed by atoms with Gasteiger partial charge in [-0.25, -0.2) is 0 Å². The highest BCUT2D eigenvalue weighted by molar-refractivity contribution is 5.43. The van der Waals surface area contributed by atoms with Crippen LogP contribution < -0.4 is 9.47 Å². The summed E-state index contributed by atoms with van der Waals surface area (Å²) >= 11 is 0. The van der Waals surface area contributed by atoms with Crippen molar-refractivity contribution in [3.63, 3.8) is 0 Å². The normalized spacial score (nSPS) is 30.8. The molecular formula is C15H21NO3. The number of fused-ring (bicyclic) bond motifs is 1. The number of likely N-dealkylation sites (tertiary alicyclic amines) is 1. The average molecular weight is 263 g/mol. The van der Waals surface area contributed by atoms with E-state index in [1.165, 1.54) is 0 Å². The minimum absolute atomic E-state index is 0.228. The molecule has 2 atom stereocenters. The van der Waals surface area contributed by atoms with Gasteiger partial charge < -0.3 is 19.5 Å². The predicted molar refractivity (Wildman–Crippen MR) is 72.7 cm³/mol. The van der Waals surface area contributed by atoms with E-state index in [0.29, 0.717) is 6.42 Å². The molecular weight excluding hydrogens is 242 g/mol. The maximum absolute atomic E-state index is 10.4. The summed E-state index contributed by atoms with van der Waals surface area (Å²) in [5.41, 5.74) is 0.617. The lowest BCUT2D eigenvalue weighted by atomic mass is 9.83. The molecule has 19 heavy (non-hydrogen) atoms. The van der Waals surface area contributed by atoms with E-state index < -0.39 is 6.10 Å². The summed E-state index contributed by atoms with van der Waals surface area (Å²) < 4.78 is 11.5. The number of methoxy groups -OCH3 is 1. The summed E-state index contributed by atoms with van der Waals surface area (Å²) in [5, 5.41) is 10.4. The zero-order valence-electron chi connectivity index (χ0n) is 11.6. The topological polar surface area (TPSA) is 41.9 Å². The van der Waals surface area contributed by atoms with Crippen LogP contribution in [0.15, 0.2) is 18.2 Å². The van der Waals surface area contributed by atoms with Crippen molar-refractivity contribution in [1.29, 1.82) is 0 Å². The van der Waals surface area contributed by atoms with Crippen molar-refractivity contribution in [3.05, 3.63) is 23.8 Å². The van der Waals surface area contributed by atoms with Gasteiger partial charge in [0.15, 0.2) is 0 Å². The molecule has 0 saturated carbocycles. The van der Waals surface area contributed by atoms with Gasteiger partial charge in [0.1, 0.15) is 17.1 Å². The Balaban J connectivity index is 1.91. The molecule has 1 aromatic carbocycles. The SMILES string of the molecule is COc1ccc2c(c1)[C@@H](O)CC1(CCCN(C)C1)O2. The molecule has 1 saturated heterocycles. The summed E-state index contributed by atoms with van der Waals surface area (Å²) in [4.78, 5) is 2.28. The van der Waals surface area contributed by atoms with Gasteiger partial charge in [0.2, 0.25) is 0 Å². The molecule has 0 amide bonds. The zero-order chi connectivity index (χ0) is 13.5. The predicted octanol–water partition coefficient (Wildman–Crippen LogP) is 1.98. The van der Waals surface area contributed by atoms with E-state index in [-0.39, 0.29) is 5.60 Å². The fraction of sp³-hybridized carbons (Fsp3) is 0.600. The van der Waals surface area contributed by atoms with Gasteiger partial charge in [-0.1, -0.05) is 0 Å². The van der Waals surface area contributed by atoms with Crippen molar-refractivity contribution in [2.24, 2.45) is 0 Å². The van der Waals surface area contributed by atoms with Crippen molar-refractivity contribution >= 4 is 0 Å². The largest absolute Gasteiger partial charge is 0.497 e. The minimum Gasteiger partial charge on any atom is -0.497 e. The summed E-state index contributed by atoms with van der Waals surface area (Å²) in [6.07, 6.45) is 2.33. The first-order chi connectivity index (χ1) is 9.12. The third-order valence-corrected chi connectivity index (χ3v) is 4.20. The first-order valence-corrected chi connectivity index (χ1v) is 6.85. The van der Waals surface area contributed by atoms with Gasteiger partial charge in [0, 0.05) is 18.5 Å². The third-order valence-electron chi connectivity index (χ3n) is 4.20. The molecule has 0 aliphatic carbocycles. The smallest absolute Gasteiger partial charge is 0.126 e. The van der Waals surface area contributed by atoms with Crippen LogP contribution in [0.2, 0.25) is 0 Å². The third kappa shape index (κ3) is 2.30. The van der Waals surface area contributed by atoms with E-state index in [9.17, 15) is 5.11 Å². The van der Waals surface area contributed by atoms with E-state index >= 15 is 0 Å². The van der Waals surface area contributed by atoms with Gasteiger partial charge in [0.05, 0.1) is 13.2 Å². The number of benzene rings is 1. The van der Waals surface area contributed by atoms with E-state index in [4.69, 9.17) is 9.47 Å².